The molecule has 0 saturated carbocycles. The van der Waals surface area contributed by atoms with Crippen molar-refractivity contribution in [2.75, 3.05) is 0 Å². The van der Waals surface area contributed by atoms with Crippen molar-refractivity contribution in [1.82, 2.24) is 4.98 Å². The zero-order valence-electron chi connectivity index (χ0n) is 6.32. The molecule has 0 atom stereocenters. The Balaban J connectivity index is 2.80. The first kappa shape index (κ1) is 7.12. The Kier molecular flexibility index (Phi) is 1.48. The number of rotatable bonds is 1. The van der Waals surface area contributed by atoms with E-state index in [9.17, 15) is 5.11 Å². The number of nitrogens with zero attached hydrogens (tertiary/aromatic N) is 1. The molecule has 0 radical (unpaired) electrons. The molecule has 0 aliphatic heterocycles. The molecule has 0 saturated heterocycles. The molecule has 0 aliphatic carbocycles. The topological polar surface area (TPSA) is 72.3 Å². The van der Waals surface area contributed by atoms with Crippen molar-refractivity contribution in [3.8, 4) is 5.75 Å². The van der Waals surface area contributed by atoms with Crippen LogP contribution in [0.3, 0.4) is 0 Å². The average molecular weight is 164 g/mol. The third-order valence-corrected chi connectivity index (χ3v) is 1.76. The first-order chi connectivity index (χ1) is 5.83. The van der Waals surface area contributed by atoms with Gasteiger partial charge in [-0.25, -0.2) is 0 Å². The molecule has 0 amide bonds. The van der Waals surface area contributed by atoms with Crippen molar-refractivity contribution < 1.29 is 9.52 Å². The summed E-state index contributed by atoms with van der Waals surface area (Å²) >= 11 is 0. The van der Waals surface area contributed by atoms with Crippen molar-refractivity contribution in [2.45, 2.75) is 6.54 Å². The van der Waals surface area contributed by atoms with E-state index in [1.165, 1.54) is 12.5 Å². The molecule has 0 unspecified atom stereocenters. The monoisotopic (exact) mass is 164 g/mol. The predicted octanol–water partition coefficient (Wildman–Crippen LogP) is 0.992. The maximum atomic E-state index is 9.28. The Bertz CT molecular complexity index is 408. The molecule has 2 aromatic heterocycles. The van der Waals surface area contributed by atoms with Crippen LogP contribution in [0.15, 0.2) is 23.1 Å². The van der Waals surface area contributed by atoms with Gasteiger partial charge in [0, 0.05) is 23.7 Å². The number of pyridine rings is 1. The van der Waals surface area contributed by atoms with Gasteiger partial charge in [0.1, 0.15) is 0 Å². The summed E-state index contributed by atoms with van der Waals surface area (Å²) in [4.78, 5) is 3.83. The molecule has 62 valence electrons. The maximum Gasteiger partial charge on any atom is 0.178 e. The van der Waals surface area contributed by atoms with E-state index >= 15 is 0 Å². The van der Waals surface area contributed by atoms with Gasteiger partial charge in [0.05, 0.1) is 12.5 Å². The largest absolute Gasteiger partial charge is 0.503 e. The van der Waals surface area contributed by atoms with Crippen LogP contribution in [0.5, 0.6) is 5.75 Å². The minimum Gasteiger partial charge on any atom is -0.503 e. The van der Waals surface area contributed by atoms with Gasteiger partial charge >= 0.3 is 0 Å². The van der Waals surface area contributed by atoms with Crippen LogP contribution >= 0.6 is 0 Å². The highest BCUT2D eigenvalue weighted by Gasteiger charge is 2.07. The molecule has 12 heavy (non-hydrogen) atoms. The van der Waals surface area contributed by atoms with E-state index in [2.05, 4.69) is 4.98 Å². The second kappa shape index (κ2) is 2.49. The lowest BCUT2D eigenvalue weighted by Gasteiger charge is -1.92. The molecule has 3 N–H and O–H groups in total. The van der Waals surface area contributed by atoms with Gasteiger partial charge in [0.25, 0.3) is 0 Å². The van der Waals surface area contributed by atoms with E-state index in [4.69, 9.17) is 10.2 Å². The normalized spacial score (nSPS) is 10.8. The maximum absolute atomic E-state index is 9.28. The number of nitrogens with two attached hydrogens (primary N) is 1. The molecule has 2 aromatic rings. The van der Waals surface area contributed by atoms with Gasteiger partial charge in [-0.3, -0.25) is 4.98 Å². The summed E-state index contributed by atoms with van der Waals surface area (Å²) in [6, 6.07) is 0. The summed E-state index contributed by atoms with van der Waals surface area (Å²) in [5, 5.41) is 10.1. The fourth-order valence-corrected chi connectivity index (χ4v) is 1.14. The Hall–Kier alpha value is -1.55. The number of hydrogen-bond donors (Lipinski definition) is 2. The zero-order valence-corrected chi connectivity index (χ0v) is 6.32. The van der Waals surface area contributed by atoms with Crippen LogP contribution in [-0.4, -0.2) is 10.1 Å². The molecular formula is C8H8N2O2. The van der Waals surface area contributed by atoms with E-state index in [0.717, 1.165) is 10.9 Å². The Labute approximate surface area is 68.6 Å². The van der Waals surface area contributed by atoms with Crippen molar-refractivity contribution in [2.24, 2.45) is 5.73 Å². The lowest BCUT2D eigenvalue weighted by molar-refractivity contribution is 0.462. The summed E-state index contributed by atoms with van der Waals surface area (Å²) in [5.41, 5.74) is 6.75. The molecular weight excluding hydrogens is 156 g/mol. The van der Waals surface area contributed by atoms with Crippen LogP contribution in [0.25, 0.3) is 11.0 Å². The molecule has 0 bridgehead atoms. The molecule has 0 aliphatic rings. The van der Waals surface area contributed by atoms with E-state index in [1.54, 1.807) is 6.20 Å². The molecule has 0 spiro atoms. The highest BCUT2D eigenvalue weighted by molar-refractivity contribution is 5.84. The third kappa shape index (κ3) is 0.853. The smallest absolute Gasteiger partial charge is 0.178 e. The highest BCUT2D eigenvalue weighted by Crippen LogP contribution is 2.26. The standard InChI is InChI=1S/C8H8N2O2/c9-1-5-4-12-8-6(5)2-10-3-7(8)11/h2-4,11H,1,9H2. The van der Waals surface area contributed by atoms with Gasteiger partial charge in [-0.15, -0.1) is 0 Å². The molecule has 0 fully saturated rings. The first-order valence-corrected chi connectivity index (χ1v) is 3.56. The first-order valence-electron chi connectivity index (χ1n) is 3.56. The van der Waals surface area contributed by atoms with Gasteiger partial charge < -0.3 is 15.3 Å². The van der Waals surface area contributed by atoms with Crippen LogP contribution in [0.4, 0.5) is 0 Å². The fourth-order valence-electron chi connectivity index (χ4n) is 1.14. The summed E-state index contributed by atoms with van der Waals surface area (Å²) in [7, 11) is 0. The van der Waals surface area contributed by atoms with Crippen LogP contribution in [0, 0.1) is 0 Å². The van der Waals surface area contributed by atoms with Crippen molar-refractivity contribution in [3.63, 3.8) is 0 Å². The number of hydrogen-bond acceptors (Lipinski definition) is 4. The second-order valence-corrected chi connectivity index (χ2v) is 2.50. The SMILES string of the molecule is NCc1coc2c(O)cncc12. The molecule has 4 nitrogen and oxygen atoms in total. The van der Waals surface area contributed by atoms with Gasteiger partial charge in [0.15, 0.2) is 11.3 Å². The molecule has 0 aromatic carbocycles. The lowest BCUT2D eigenvalue weighted by Crippen LogP contribution is -1.93. The van der Waals surface area contributed by atoms with Crippen LogP contribution < -0.4 is 5.73 Å². The summed E-state index contributed by atoms with van der Waals surface area (Å²) in [6.07, 6.45) is 4.50. The predicted molar refractivity (Wildman–Crippen MR) is 43.6 cm³/mol. The van der Waals surface area contributed by atoms with Gasteiger partial charge in [-0.1, -0.05) is 0 Å². The highest BCUT2D eigenvalue weighted by atomic mass is 16.3. The molecule has 2 heterocycles. The van der Waals surface area contributed by atoms with E-state index in [0.29, 0.717) is 12.1 Å². The summed E-state index contributed by atoms with van der Waals surface area (Å²) in [5.74, 6) is 0.0483. The summed E-state index contributed by atoms with van der Waals surface area (Å²) < 4.78 is 5.10. The Morgan fingerprint density at radius 3 is 3.08 bits per heavy atom. The zero-order chi connectivity index (χ0) is 8.55. The Morgan fingerprint density at radius 1 is 1.50 bits per heavy atom. The summed E-state index contributed by atoms with van der Waals surface area (Å²) in [6.45, 7) is 0.387. The number of fused-ring (bicyclic) bond motifs is 1. The van der Waals surface area contributed by atoms with E-state index in [-0.39, 0.29) is 5.75 Å². The van der Waals surface area contributed by atoms with Crippen LogP contribution in [0.2, 0.25) is 0 Å². The van der Waals surface area contributed by atoms with Crippen LogP contribution in [0.1, 0.15) is 5.56 Å². The quantitative estimate of drug-likeness (QED) is 0.659. The van der Waals surface area contributed by atoms with E-state index in [1.807, 2.05) is 0 Å². The lowest BCUT2D eigenvalue weighted by atomic mass is 10.2. The molecule has 2 rings (SSSR count). The van der Waals surface area contributed by atoms with Gasteiger partial charge in [-0.2, -0.15) is 0 Å². The second-order valence-electron chi connectivity index (χ2n) is 2.50. The minimum absolute atomic E-state index is 0.0483. The number of furan rings is 1. The van der Waals surface area contributed by atoms with Crippen molar-refractivity contribution in [3.05, 3.63) is 24.2 Å². The number of aromatic hydroxyl groups is 1. The molecule has 4 heteroatoms. The van der Waals surface area contributed by atoms with Crippen molar-refractivity contribution >= 4 is 11.0 Å². The van der Waals surface area contributed by atoms with Gasteiger partial charge in [-0.05, 0) is 0 Å². The van der Waals surface area contributed by atoms with Crippen LogP contribution in [-0.2, 0) is 6.54 Å². The third-order valence-electron chi connectivity index (χ3n) is 1.76. The van der Waals surface area contributed by atoms with Gasteiger partial charge in [0.2, 0.25) is 0 Å². The number of aromatic nitrogens is 1. The average Bonchev–Trinajstić information content (AvgIpc) is 2.49. The fraction of sp³-hybridized carbons (Fsp3) is 0.125. The minimum atomic E-state index is 0.0483. The van der Waals surface area contributed by atoms with Crippen molar-refractivity contribution in [1.29, 1.82) is 0 Å². The van der Waals surface area contributed by atoms with E-state index < -0.39 is 0 Å². The Morgan fingerprint density at radius 2 is 2.33 bits per heavy atom.